The predicted molar refractivity (Wildman–Crippen MR) is 91.2 cm³/mol. The second-order valence-electron chi connectivity index (χ2n) is 5.61. The first-order valence-corrected chi connectivity index (χ1v) is 9.12. The fraction of sp³-hybridized carbons (Fsp3) is 0.278. The topological polar surface area (TPSA) is 63.2 Å². The summed E-state index contributed by atoms with van der Waals surface area (Å²) >= 11 is 0. The van der Waals surface area contributed by atoms with Crippen LogP contribution < -0.4 is 5.32 Å². The van der Waals surface area contributed by atoms with E-state index in [1.165, 1.54) is 12.1 Å². The molecular weight excluding hydrogens is 310 g/mol. The molecule has 0 saturated heterocycles. The number of nitrogens with one attached hydrogen (secondary N) is 1. The maximum atomic E-state index is 12.1. The first-order chi connectivity index (χ1) is 10.9. The van der Waals surface area contributed by atoms with E-state index in [1.807, 2.05) is 30.3 Å². The summed E-state index contributed by atoms with van der Waals surface area (Å²) in [6.45, 7) is 3.81. The molecule has 0 atom stereocenters. The highest BCUT2D eigenvalue weighted by molar-refractivity contribution is 7.92. The van der Waals surface area contributed by atoms with Gasteiger partial charge in [-0.3, -0.25) is 4.79 Å². The van der Waals surface area contributed by atoms with Crippen molar-refractivity contribution in [2.75, 3.05) is 6.54 Å². The number of hydrogen-bond donors (Lipinski definition) is 1. The lowest BCUT2D eigenvalue weighted by atomic mass is 10.1. The van der Waals surface area contributed by atoms with Crippen LogP contribution in [0.5, 0.6) is 0 Å². The van der Waals surface area contributed by atoms with Crippen LogP contribution in [0.2, 0.25) is 0 Å². The number of benzene rings is 2. The maximum absolute atomic E-state index is 12.1. The van der Waals surface area contributed by atoms with Gasteiger partial charge in [0.15, 0.2) is 9.84 Å². The highest BCUT2D eigenvalue weighted by Crippen LogP contribution is 2.16. The van der Waals surface area contributed by atoms with Crippen molar-refractivity contribution in [3.63, 3.8) is 0 Å². The highest BCUT2D eigenvalue weighted by atomic mass is 32.2. The first-order valence-electron chi connectivity index (χ1n) is 7.57. The van der Waals surface area contributed by atoms with Crippen molar-refractivity contribution in [3.8, 4) is 0 Å². The third-order valence-corrected chi connectivity index (χ3v) is 5.78. The van der Waals surface area contributed by atoms with E-state index in [4.69, 9.17) is 0 Å². The summed E-state index contributed by atoms with van der Waals surface area (Å²) in [5.74, 6) is -0.200. The molecule has 2 rings (SSSR count). The standard InChI is InChI=1S/C18H21NO3S/c1-14(2)23(21,22)17-10-8-16(9-11-17)18(20)19-13-12-15-6-4-3-5-7-15/h3-11,14H,12-13H2,1-2H3,(H,19,20). The molecule has 5 heteroatoms. The molecule has 2 aromatic rings. The van der Waals surface area contributed by atoms with Crippen LogP contribution in [0.1, 0.15) is 29.8 Å². The van der Waals surface area contributed by atoms with Crippen molar-refractivity contribution in [2.24, 2.45) is 0 Å². The molecular formula is C18H21NO3S. The zero-order valence-electron chi connectivity index (χ0n) is 13.3. The lowest BCUT2D eigenvalue weighted by Gasteiger charge is -2.09. The van der Waals surface area contributed by atoms with E-state index in [9.17, 15) is 13.2 Å². The number of sulfone groups is 1. The minimum atomic E-state index is -3.30. The summed E-state index contributed by atoms with van der Waals surface area (Å²) in [6.07, 6.45) is 0.756. The van der Waals surface area contributed by atoms with Gasteiger partial charge >= 0.3 is 0 Å². The molecule has 0 heterocycles. The van der Waals surface area contributed by atoms with Crippen molar-refractivity contribution in [3.05, 3.63) is 65.7 Å². The van der Waals surface area contributed by atoms with Crippen LogP contribution in [0.15, 0.2) is 59.5 Å². The third-order valence-electron chi connectivity index (χ3n) is 3.61. The van der Waals surface area contributed by atoms with E-state index in [-0.39, 0.29) is 10.8 Å². The van der Waals surface area contributed by atoms with Gasteiger partial charge in [0.1, 0.15) is 0 Å². The van der Waals surface area contributed by atoms with Gasteiger partial charge in [-0.25, -0.2) is 8.42 Å². The molecule has 4 nitrogen and oxygen atoms in total. The van der Waals surface area contributed by atoms with Gasteiger partial charge in [-0.1, -0.05) is 30.3 Å². The molecule has 0 aliphatic heterocycles. The minimum Gasteiger partial charge on any atom is -0.352 e. The fourth-order valence-electron chi connectivity index (χ4n) is 2.14. The largest absolute Gasteiger partial charge is 0.352 e. The fourth-order valence-corrected chi connectivity index (χ4v) is 3.20. The van der Waals surface area contributed by atoms with Crippen LogP contribution in [-0.2, 0) is 16.3 Å². The van der Waals surface area contributed by atoms with Crippen LogP contribution in [0.25, 0.3) is 0 Å². The Balaban J connectivity index is 1.95. The number of hydrogen-bond acceptors (Lipinski definition) is 3. The highest BCUT2D eigenvalue weighted by Gasteiger charge is 2.19. The smallest absolute Gasteiger partial charge is 0.251 e. The van der Waals surface area contributed by atoms with Crippen LogP contribution >= 0.6 is 0 Å². The Morgan fingerprint density at radius 2 is 1.61 bits per heavy atom. The predicted octanol–water partition coefficient (Wildman–Crippen LogP) is 2.84. The van der Waals surface area contributed by atoms with Crippen LogP contribution in [0.3, 0.4) is 0 Å². The van der Waals surface area contributed by atoms with Crippen LogP contribution in [0, 0.1) is 0 Å². The molecule has 0 saturated carbocycles. The molecule has 0 spiro atoms. The molecule has 23 heavy (non-hydrogen) atoms. The van der Waals surface area contributed by atoms with Gasteiger partial charge in [0.25, 0.3) is 5.91 Å². The number of amides is 1. The molecule has 0 radical (unpaired) electrons. The third kappa shape index (κ3) is 4.42. The van der Waals surface area contributed by atoms with Crippen molar-refractivity contribution in [1.29, 1.82) is 0 Å². The Bertz CT molecular complexity index is 751. The van der Waals surface area contributed by atoms with Crippen molar-refractivity contribution in [1.82, 2.24) is 5.32 Å². The molecule has 0 aliphatic rings. The van der Waals surface area contributed by atoms with E-state index in [1.54, 1.807) is 26.0 Å². The monoisotopic (exact) mass is 331 g/mol. The molecule has 122 valence electrons. The minimum absolute atomic E-state index is 0.200. The number of carbonyl (C=O) groups is 1. The molecule has 1 N–H and O–H groups in total. The summed E-state index contributed by atoms with van der Waals surface area (Å²) < 4.78 is 24.1. The normalized spacial score (nSPS) is 11.4. The van der Waals surface area contributed by atoms with E-state index >= 15 is 0 Å². The summed E-state index contributed by atoms with van der Waals surface area (Å²) in [5, 5.41) is 2.36. The Kier molecular flexibility index (Phi) is 5.55. The SMILES string of the molecule is CC(C)S(=O)(=O)c1ccc(C(=O)NCCc2ccccc2)cc1. The Hall–Kier alpha value is -2.14. The maximum Gasteiger partial charge on any atom is 0.251 e. The average Bonchev–Trinajstić information content (AvgIpc) is 2.55. The van der Waals surface area contributed by atoms with Gasteiger partial charge in [0, 0.05) is 12.1 Å². The molecule has 0 bridgehead atoms. The van der Waals surface area contributed by atoms with E-state index < -0.39 is 15.1 Å². The quantitative estimate of drug-likeness (QED) is 0.885. The Morgan fingerprint density at radius 3 is 2.17 bits per heavy atom. The Morgan fingerprint density at radius 1 is 1.00 bits per heavy atom. The van der Waals surface area contributed by atoms with Gasteiger partial charge < -0.3 is 5.32 Å². The lowest BCUT2D eigenvalue weighted by Crippen LogP contribution is -2.25. The van der Waals surface area contributed by atoms with Crippen molar-refractivity contribution >= 4 is 15.7 Å². The lowest BCUT2D eigenvalue weighted by molar-refractivity contribution is 0.0954. The average molecular weight is 331 g/mol. The van der Waals surface area contributed by atoms with Crippen LogP contribution in [0.4, 0.5) is 0 Å². The molecule has 0 fully saturated rings. The zero-order chi connectivity index (χ0) is 16.9. The molecule has 1 amide bonds. The molecule has 2 aromatic carbocycles. The van der Waals surface area contributed by atoms with Gasteiger partial charge in [-0.05, 0) is 50.1 Å². The second-order valence-corrected chi connectivity index (χ2v) is 8.11. The summed E-state index contributed by atoms with van der Waals surface area (Å²) in [7, 11) is -3.30. The van der Waals surface area contributed by atoms with Crippen LogP contribution in [-0.4, -0.2) is 26.1 Å². The van der Waals surface area contributed by atoms with E-state index in [0.717, 1.165) is 12.0 Å². The summed E-state index contributed by atoms with van der Waals surface area (Å²) in [4.78, 5) is 12.3. The van der Waals surface area contributed by atoms with Gasteiger partial charge in [0.05, 0.1) is 10.1 Å². The molecule has 0 unspecified atom stereocenters. The summed E-state index contributed by atoms with van der Waals surface area (Å²) in [5.41, 5.74) is 1.62. The van der Waals surface area contributed by atoms with Crippen molar-refractivity contribution in [2.45, 2.75) is 30.4 Å². The van der Waals surface area contributed by atoms with E-state index in [2.05, 4.69) is 5.32 Å². The van der Waals surface area contributed by atoms with Gasteiger partial charge in [-0.2, -0.15) is 0 Å². The number of carbonyl (C=O) groups excluding carboxylic acids is 1. The zero-order valence-corrected chi connectivity index (χ0v) is 14.1. The number of rotatable bonds is 6. The molecule has 0 aromatic heterocycles. The second kappa shape index (κ2) is 7.42. The first kappa shape index (κ1) is 17.2. The summed E-state index contributed by atoms with van der Waals surface area (Å²) in [6, 6.07) is 16.0. The van der Waals surface area contributed by atoms with Gasteiger partial charge in [-0.15, -0.1) is 0 Å². The Labute approximate surface area is 137 Å². The van der Waals surface area contributed by atoms with Gasteiger partial charge in [0.2, 0.25) is 0 Å². The van der Waals surface area contributed by atoms with E-state index in [0.29, 0.717) is 12.1 Å². The molecule has 0 aliphatic carbocycles. The van der Waals surface area contributed by atoms with Crippen molar-refractivity contribution < 1.29 is 13.2 Å².